The second-order valence-corrected chi connectivity index (χ2v) is 1.52. The van der Waals surface area contributed by atoms with E-state index in [2.05, 4.69) is 6.42 Å². The number of allylic oxidation sites excluding steroid dienone is 1. The molecule has 1 heteroatoms. The highest BCUT2D eigenvalue weighted by Gasteiger charge is 1.99. The average molecular weight is 82.1 g/mol. The standard InChI is InChI=1S/C5H8N/c6-5-3-1-2-4-5/h1-3,5H,4,6H2. The van der Waals surface area contributed by atoms with Crippen LogP contribution >= 0.6 is 0 Å². The number of nitrogens with two attached hydrogens (primary N) is 1. The van der Waals surface area contributed by atoms with Crippen LogP contribution in [0, 0.1) is 6.42 Å². The molecule has 0 amide bonds. The fraction of sp³-hybridized carbons (Fsp3) is 0.400. The molecule has 0 aromatic carbocycles. The smallest absolute Gasteiger partial charge is 0.0229 e. The summed E-state index contributed by atoms with van der Waals surface area (Å²) in [7, 11) is 0. The van der Waals surface area contributed by atoms with Gasteiger partial charge in [0.25, 0.3) is 0 Å². The minimum absolute atomic E-state index is 0.310. The van der Waals surface area contributed by atoms with Crippen LogP contribution in [-0.4, -0.2) is 6.04 Å². The van der Waals surface area contributed by atoms with Crippen molar-refractivity contribution >= 4 is 0 Å². The maximum absolute atomic E-state index is 5.42. The summed E-state index contributed by atoms with van der Waals surface area (Å²) in [5, 5.41) is 0. The first kappa shape index (κ1) is 3.88. The second-order valence-electron chi connectivity index (χ2n) is 1.52. The Kier molecular flexibility index (Phi) is 0.926. The topological polar surface area (TPSA) is 26.0 Å². The van der Waals surface area contributed by atoms with Crippen molar-refractivity contribution in [2.75, 3.05) is 0 Å². The summed E-state index contributed by atoms with van der Waals surface area (Å²) in [6.07, 6.45) is 7.11. The minimum Gasteiger partial charge on any atom is -0.324 e. The third-order valence-electron chi connectivity index (χ3n) is 0.903. The zero-order valence-corrected chi connectivity index (χ0v) is 3.59. The van der Waals surface area contributed by atoms with E-state index in [1.54, 1.807) is 0 Å². The van der Waals surface area contributed by atoms with Gasteiger partial charge in [-0.3, -0.25) is 0 Å². The van der Waals surface area contributed by atoms with Crippen LogP contribution in [0.3, 0.4) is 0 Å². The first-order valence-electron chi connectivity index (χ1n) is 2.15. The third-order valence-corrected chi connectivity index (χ3v) is 0.903. The molecule has 1 unspecified atom stereocenters. The van der Waals surface area contributed by atoms with E-state index in [0.29, 0.717) is 6.04 Å². The monoisotopic (exact) mass is 82.1 g/mol. The summed E-state index contributed by atoms with van der Waals surface area (Å²) in [4.78, 5) is 0. The maximum Gasteiger partial charge on any atom is 0.0229 e. The Morgan fingerprint density at radius 3 is 2.67 bits per heavy atom. The predicted molar refractivity (Wildman–Crippen MR) is 26.0 cm³/mol. The average Bonchev–Trinajstić information content (AvgIpc) is 1.86. The lowest BCUT2D eigenvalue weighted by atomic mass is 10.3. The zero-order valence-electron chi connectivity index (χ0n) is 3.59. The molecule has 1 aliphatic carbocycles. The Bertz CT molecular complexity index is 66.3. The van der Waals surface area contributed by atoms with Crippen molar-refractivity contribution < 1.29 is 0 Å². The molecule has 0 fully saturated rings. The van der Waals surface area contributed by atoms with Crippen molar-refractivity contribution in [1.82, 2.24) is 0 Å². The van der Waals surface area contributed by atoms with Gasteiger partial charge in [0.15, 0.2) is 0 Å². The number of rotatable bonds is 0. The number of hydrogen-bond acceptors (Lipinski definition) is 1. The Hall–Kier alpha value is -0.300. The van der Waals surface area contributed by atoms with Gasteiger partial charge in [-0.25, -0.2) is 0 Å². The molecule has 6 heavy (non-hydrogen) atoms. The van der Waals surface area contributed by atoms with Crippen LogP contribution in [0.5, 0.6) is 0 Å². The molecule has 2 N–H and O–H groups in total. The van der Waals surface area contributed by atoms with E-state index in [9.17, 15) is 0 Å². The van der Waals surface area contributed by atoms with E-state index in [-0.39, 0.29) is 0 Å². The molecule has 33 valence electrons. The van der Waals surface area contributed by atoms with Crippen LogP contribution in [0.2, 0.25) is 0 Å². The van der Waals surface area contributed by atoms with Gasteiger partial charge in [0.05, 0.1) is 0 Å². The normalized spacial score (nSPS) is 31.8. The molecule has 1 nitrogen and oxygen atoms in total. The molecule has 0 aromatic heterocycles. The Labute approximate surface area is 37.8 Å². The molecule has 1 atom stereocenters. The van der Waals surface area contributed by atoms with Gasteiger partial charge >= 0.3 is 0 Å². The van der Waals surface area contributed by atoms with Crippen LogP contribution in [0.25, 0.3) is 0 Å². The first-order chi connectivity index (χ1) is 2.89. The summed E-state index contributed by atoms with van der Waals surface area (Å²) >= 11 is 0. The molecular weight excluding hydrogens is 74.1 g/mol. The Morgan fingerprint density at radius 1 is 1.67 bits per heavy atom. The van der Waals surface area contributed by atoms with E-state index in [1.165, 1.54) is 0 Å². The highest BCUT2D eigenvalue weighted by molar-refractivity contribution is 5.09. The SMILES string of the molecule is NC1C=C[CH]C1. The summed E-state index contributed by atoms with van der Waals surface area (Å²) in [6.45, 7) is 0. The fourth-order valence-corrected chi connectivity index (χ4v) is 0.536. The van der Waals surface area contributed by atoms with Crippen molar-refractivity contribution in [2.24, 2.45) is 5.73 Å². The third kappa shape index (κ3) is 0.601. The lowest BCUT2D eigenvalue weighted by Gasteiger charge is -1.90. The van der Waals surface area contributed by atoms with Gasteiger partial charge in [-0.1, -0.05) is 12.2 Å². The van der Waals surface area contributed by atoms with Crippen LogP contribution in [0.1, 0.15) is 6.42 Å². The Balaban J connectivity index is 2.38. The summed E-state index contributed by atoms with van der Waals surface area (Å²) < 4.78 is 0. The molecule has 1 radical (unpaired) electrons. The van der Waals surface area contributed by atoms with Gasteiger partial charge in [0.2, 0.25) is 0 Å². The van der Waals surface area contributed by atoms with Crippen molar-refractivity contribution in [2.45, 2.75) is 12.5 Å². The maximum atomic E-state index is 5.42. The zero-order chi connectivity index (χ0) is 4.41. The van der Waals surface area contributed by atoms with Gasteiger partial charge in [0.1, 0.15) is 0 Å². The molecule has 0 aliphatic heterocycles. The van der Waals surface area contributed by atoms with Crippen LogP contribution in [0.4, 0.5) is 0 Å². The predicted octanol–water partition coefficient (Wildman–Crippen LogP) is 0.478. The first-order valence-corrected chi connectivity index (χ1v) is 2.15. The minimum atomic E-state index is 0.310. The van der Waals surface area contributed by atoms with E-state index in [4.69, 9.17) is 5.73 Å². The van der Waals surface area contributed by atoms with E-state index < -0.39 is 0 Å². The van der Waals surface area contributed by atoms with Gasteiger partial charge in [-0.15, -0.1) is 0 Å². The summed E-state index contributed by atoms with van der Waals surface area (Å²) in [5.41, 5.74) is 5.42. The molecule has 1 rings (SSSR count). The molecule has 0 saturated heterocycles. The van der Waals surface area contributed by atoms with Crippen molar-refractivity contribution in [1.29, 1.82) is 0 Å². The molecule has 1 aliphatic rings. The quantitative estimate of drug-likeness (QED) is 0.452. The largest absolute Gasteiger partial charge is 0.324 e. The van der Waals surface area contributed by atoms with Crippen molar-refractivity contribution in [3.05, 3.63) is 18.6 Å². The van der Waals surface area contributed by atoms with E-state index in [0.717, 1.165) is 6.42 Å². The van der Waals surface area contributed by atoms with Crippen LogP contribution in [0.15, 0.2) is 12.2 Å². The molecule has 0 bridgehead atoms. The van der Waals surface area contributed by atoms with Crippen LogP contribution < -0.4 is 5.73 Å². The second kappa shape index (κ2) is 1.43. The van der Waals surface area contributed by atoms with Gasteiger partial charge in [0, 0.05) is 6.04 Å². The number of hydrogen-bond donors (Lipinski definition) is 1. The van der Waals surface area contributed by atoms with Crippen molar-refractivity contribution in [3.8, 4) is 0 Å². The lowest BCUT2D eigenvalue weighted by molar-refractivity contribution is 0.845. The molecule has 0 heterocycles. The van der Waals surface area contributed by atoms with E-state index >= 15 is 0 Å². The van der Waals surface area contributed by atoms with Gasteiger partial charge < -0.3 is 5.73 Å². The summed E-state index contributed by atoms with van der Waals surface area (Å²) in [5.74, 6) is 0. The van der Waals surface area contributed by atoms with E-state index in [1.807, 2.05) is 12.2 Å². The molecule has 0 saturated carbocycles. The molecule has 0 aromatic rings. The van der Waals surface area contributed by atoms with Gasteiger partial charge in [-0.05, 0) is 12.8 Å². The highest BCUT2D eigenvalue weighted by Crippen LogP contribution is 2.03. The molecular formula is C5H8N. The Morgan fingerprint density at radius 2 is 2.50 bits per heavy atom. The lowest BCUT2D eigenvalue weighted by Crippen LogP contribution is -2.11. The fourth-order valence-electron chi connectivity index (χ4n) is 0.536. The van der Waals surface area contributed by atoms with Gasteiger partial charge in [-0.2, -0.15) is 0 Å². The summed E-state index contributed by atoms with van der Waals surface area (Å²) in [6, 6.07) is 0.310. The highest BCUT2D eigenvalue weighted by atomic mass is 14.6. The van der Waals surface area contributed by atoms with Crippen LogP contribution in [-0.2, 0) is 0 Å². The molecule has 0 spiro atoms. The van der Waals surface area contributed by atoms with Crippen molar-refractivity contribution in [3.63, 3.8) is 0 Å².